The Kier molecular flexibility index (Phi) is 4.82. The number of rotatable bonds is 5. The number of hydrogen-bond acceptors (Lipinski definition) is 4. The summed E-state index contributed by atoms with van der Waals surface area (Å²) in [7, 11) is -3.49. The lowest BCUT2D eigenvalue weighted by Gasteiger charge is -2.17. The first-order valence-electron chi connectivity index (χ1n) is 7.74. The summed E-state index contributed by atoms with van der Waals surface area (Å²) < 4.78 is 45.4. The van der Waals surface area contributed by atoms with Crippen molar-refractivity contribution < 1.29 is 17.5 Å². The average Bonchev–Trinajstić information content (AvgIpc) is 2.99. The minimum atomic E-state index is -3.49. The number of aryl methyl sites for hydroxylation is 1. The Balaban J connectivity index is 1.62. The monoisotopic (exact) mass is 350 g/mol. The molecule has 0 saturated carbocycles. The van der Waals surface area contributed by atoms with Crippen LogP contribution in [0.4, 0.5) is 4.39 Å². The maximum atomic E-state index is 13.2. The van der Waals surface area contributed by atoms with Crippen molar-refractivity contribution in [2.24, 2.45) is 0 Å². The molecule has 24 heavy (non-hydrogen) atoms. The predicted molar refractivity (Wildman–Crippen MR) is 88.6 cm³/mol. The molecule has 1 aromatic carbocycles. The van der Waals surface area contributed by atoms with Crippen LogP contribution in [-0.2, 0) is 15.8 Å². The number of ether oxygens (including phenoxy) is 1. The number of sulfonamides is 1. The zero-order valence-electron chi connectivity index (χ0n) is 13.4. The normalized spacial score (nSPS) is 18.7. The topological polar surface area (TPSA) is 59.5 Å². The highest BCUT2D eigenvalue weighted by Crippen LogP contribution is 2.22. The molecule has 2 aromatic rings. The van der Waals surface area contributed by atoms with Crippen LogP contribution in [-0.4, -0.2) is 36.9 Å². The zero-order valence-corrected chi connectivity index (χ0v) is 14.2. The molecule has 1 fully saturated rings. The molecule has 3 rings (SSSR count). The van der Waals surface area contributed by atoms with Crippen molar-refractivity contribution in [3.05, 3.63) is 59.7 Å². The minimum absolute atomic E-state index is 0.197. The van der Waals surface area contributed by atoms with E-state index in [9.17, 15) is 12.8 Å². The van der Waals surface area contributed by atoms with Gasteiger partial charge in [-0.15, -0.1) is 0 Å². The van der Waals surface area contributed by atoms with Crippen LogP contribution in [0.1, 0.15) is 17.7 Å². The number of halogens is 1. The molecule has 0 radical (unpaired) electrons. The first-order valence-corrected chi connectivity index (χ1v) is 9.35. The fourth-order valence-corrected chi connectivity index (χ4v) is 4.25. The summed E-state index contributed by atoms with van der Waals surface area (Å²) in [6.45, 7) is 2.59. The fourth-order valence-electron chi connectivity index (χ4n) is 2.69. The van der Waals surface area contributed by atoms with Gasteiger partial charge in [0.15, 0.2) is 0 Å². The summed E-state index contributed by atoms with van der Waals surface area (Å²) in [4.78, 5) is 4.16. The van der Waals surface area contributed by atoms with E-state index < -0.39 is 15.8 Å². The van der Waals surface area contributed by atoms with Crippen LogP contribution >= 0.6 is 0 Å². The van der Waals surface area contributed by atoms with Gasteiger partial charge in [0.2, 0.25) is 10.0 Å². The minimum Gasteiger partial charge on any atom is -0.487 e. The molecule has 0 N–H and O–H groups in total. The summed E-state index contributed by atoms with van der Waals surface area (Å²) in [5, 5.41) is 0. The molecule has 0 spiro atoms. The Morgan fingerprint density at radius 2 is 2.17 bits per heavy atom. The zero-order chi connectivity index (χ0) is 17.2. The molecule has 5 nitrogen and oxygen atoms in total. The second kappa shape index (κ2) is 6.86. The third kappa shape index (κ3) is 4.10. The van der Waals surface area contributed by atoms with Gasteiger partial charge in [0.25, 0.3) is 0 Å². The molecule has 0 aliphatic carbocycles. The van der Waals surface area contributed by atoms with E-state index in [1.807, 2.05) is 19.1 Å². The van der Waals surface area contributed by atoms with Gasteiger partial charge in [-0.05, 0) is 43.2 Å². The van der Waals surface area contributed by atoms with Crippen LogP contribution in [0.25, 0.3) is 0 Å². The lowest BCUT2D eigenvalue weighted by molar-refractivity contribution is 0.214. The number of benzene rings is 1. The SMILES string of the molecule is Cc1ccc(O[C@H]2CCN(S(=O)(=O)Cc3cccc(F)c3)C2)cn1. The largest absolute Gasteiger partial charge is 0.487 e. The van der Waals surface area contributed by atoms with E-state index in [-0.39, 0.29) is 11.9 Å². The molecule has 128 valence electrons. The van der Waals surface area contributed by atoms with Gasteiger partial charge in [0, 0.05) is 12.2 Å². The van der Waals surface area contributed by atoms with Gasteiger partial charge in [-0.2, -0.15) is 4.31 Å². The molecule has 2 heterocycles. The van der Waals surface area contributed by atoms with E-state index in [0.29, 0.717) is 30.8 Å². The average molecular weight is 350 g/mol. The highest BCUT2D eigenvalue weighted by atomic mass is 32.2. The number of pyridine rings is 1. The van der Waals surface area contributed by atoms with E-state index in [0.717, 1.165) is 5.69 Å². The molecule has 1 aliphatic heterocycles. The van der Waals surface area contributed by atoms with Gasteiger partial charge in [0.05, 0.1) is 18.5 Å². The van der Waals surface area contributed by atoms with Crippen LogP contribution in [0.3, 0.4) is 0 Å². The van der Waals surface area contributed by atoms with Gasteiger partial charge in [-0.1, -0.05) is 12.1 Å². The number of aromatic nitrogens is 1. The van der Waals surface area contributed by atoms with Crippen molar-refractivity contribution in [3.8, 4) is 5.75 Å². The Hall–Kier alpha value is -1.99. The lowest BCUT2D eigenvalue weighted by Crippen LogP contribution is -2.32. The smallest absolute Gasteiger partial charge is 0.218 e. The van der Waals surface area contributed by atoms with Gasteiger partial charge < -0.3 is 4.74 Å². The van der Waals surface area contributed by atoms with Crippen molar-refractivity contribution in [1.29, 1.82) is 0 Å². The number of nitrogens with zero attached hydrogens (tertiary/aromatic N) is 2. The molecule has 1 aliphatic rings. The quantitative estimate of drug-likeness (QED) is 0.831. The maximum absolute atomic E-state index is 13.2. The number of hydrogen-bond donors (Lipinski definition) is 0. The molecule has 1 saturated heterocycles. The second-order valence-corrected chi connectivity index (χ2v) is 7.88. The molecule has 1 aromatic heterocycles. The molecular weight excluding hydrogens is 331 g/mol. The van der Waals surface area contributed by atoms with Gasteiger partial charge >= 0.3 is 0 Å². The fraction of sp³-hybridized carbons (Fsp3) is 0.353. The summed E-state index contributed by atoms with van der Waals surface area (Å²) in [6, 6.07) is 9.35. The summed E-state index contributed by atoms with van der Waals surface area (Å²) in [5.41, 5.74) is 1.34. The summed E-state index contributed by atoms with van der Waals surface area (Å²) >= 11 is 0. The van der Waals surface area contributed by atoms with Crippen LogP contribution in [0.2, 0.25) is 0 Å². The Morgan fingerprint density at radius 1 is 1.33 bits per heavy atom. The molecule has 0 unspecified atom stereocenters. The predicted octanol–water partition coefficient (Wildman–Crippen LogP) is 2.51. The highest BCUT2D eigenvalue weighted by molar-refractivity contribution is 7.88. The molecule has 0 amide bonds. The Labute approximate surface area is 141 Å². The molecule has 0 bridgehead atoms. The molecule has 1 atom stereocenters. The third-order valence-electron chi connectivity index (χ3n) is 3.93. The van der Waals surface area contributed by atoms with Crippen molar-refractivity contribution in [2.45, 2.75) is 25.2 Å². The van der Waals surface area contributed by atoms with E-state index >= 15 is 0 Å². The first-order chi connectivity index (χ1) is 11.4. The van der Waals surface area contributed by atoms with Gasteiger partial charge in [-0.3, -0.25) is 4.98 Å². The van der Waals surface area contributed by atoms with Gasteiger partial charge in [0.1, 0.15) is 17.7 Å². The Bertz CT molecular complexity index is 809. The highest BCUT2D eigenvalue weighted by Gasteiger charge is 2.32. The molecular formula is C17H19FN2O3S. The van der Waals surface area contributed by atoms with Crippen LogP contribution in [0.15, 0.2) is 42.6 Å². The van der Waals surface area contributed by atoms with E-state index in [4.69, 9.17) is 4.74 Å². The second-order valence-electron chi connectivity index (χ2n) is 5.91. The third-order valence-corrected chi connectivity index (χ3v) is 5.74. The molecule has 7 heteroatoms. The van der Waals surface area contributed by atoms with Crippen LogP contribution < -0.4 is 4.74 Å². The van der Waals surface area contributed by atoms with E-state index in [2.05, 4.69) is 4.98 Å². The summed E-state index contributed by atoms with van der Waals surface area (Å²) in [5.74, 6) is -0.00370. The summed E-state index contributed by atoms with van der Waals surface area (Å²) in [6.07, 6.45) is 2.06. The van der Waals surface area contributed by atoms with Crippen LogP contribution in [0.5, 0.6) is 5.75 Å². The lowest BCUT2D eigenvalue weighted by atomic mass is 10.2. The van der Waals surface area contributed by atoms with Crippen molar-refractivity contribution >= 4 is 10.0 Å². The Morgan fingerprint density at radius 3 is 2.88 bits per heavy atom. The van der Waals surface area contributed by atoms with Crippen molar-refractivity contribution in [3.63, 3.8) is 0 Å². The van der Waals surface area contributed by atoms with Gasteiger partial charge in [-0.25, -0.2) is 12.8 Å². The maximum Gasteiger partial charge on any atom is 0.218 e. The first kappa shape index (κ1) is 16.9. The van der Waals surface area contributed by atoms with E-state index in [1.165, 1.54) is 22.5 Å². The van der Waals surface area contributed by atoms with Crippen LogP contribution in [0, 0.1) is 12.7 Å². The van der Waals surface area contributed by atoms with E-state index in [1.54, 1.807) is 12.3 Å². The van der Waals surface area contributed by atoms with Crippen molar-refractivity contribution in [2.75, 3.05) is 13.1 Å². The van der Waals surface area contributed by atoms with Crippen molar-refractivity contribution in [1.82, 2.24) is 9.29 Å². The standard InChI is InChI=1S/C17H19FN2O3S/c1-13-5-6-16(10-19-13)23-17-7-8-20(11-17)24(21,22)12-14-3-2-4-15(18)9-14/h2-6,9-10,17H,7-8,11-12H2,1H3/t17-/m0/s1.